The summed E-state index contributed by atoms with van der Waals surface area (Å²) in [4.78, 5) is 17.5. The molecule has 1 saturated heterocycles. The van der Waals surface area contributed by atoms with Crippen LogP contribution in [0.3, 0.4) is 0 Å². The number of fused-ring (bicyclic) bond motifs is 1. The molecular formula is C20H19N3O2. The Bertz CT molecular complexity index is 955. The molecule has 0 spiro atoms. The highest BCUT2D eigenvalue weighted by atomic mass is 16.6. The van der Waals surface area contributed by atoms with E-state index < -0.39 is 0 Å². The molecule has 3 aromatic rings. The first-order chi connectivity index (χ1) is 12.1. The van der Waals surface area contributed by atoms with Gasteiger partial charge in [-0.2, -0.15) is 0 Å². The lowest BCUT2D eigenvalue weighted by atomic mass is 10.0. The zero-order valence-corrected chi connectivity index (χ0v) is 14.1. The van der Waals surface area contributed by atoms with Gasteiger partial charge in [-0.05, 0) is 37.5 Å². The molecule has 2 heterocycles. The molecule has 0 N–H and O–H groups in total. The van der Waals surface area contributed by atoms with Crippen molar-refractivity contribution in [2.75, 3.05) is 11.4 Å². The number of anilines is 1. The minimum Gasteiger partial charge on any atom is -0.364 e. The van der Waals surface area contributed by atoms with Gasteiger partial charge in [0.25, 0.3) is 5.69 Å². The normalized spacial score (nSPS) is 17.2. The third kappa shape index (κ3) is 2.71. The quantitative estimate of drug-likeness (QED) is 0.510. The average Bonchev–Trinajstić information content (AvgIpc) is 3.10. The third-order valence-electron chi connectivity index (χ3n) is 4.96. The zero-order chi connectivity index (χ0) is 17.4. The van der Waals surface area contributed by atoms with Crippen LogP contribution in [0.15, 0.2) is 54.9 Å². The Balaban J connectivity index is 1.84. The minimum atomic E-state index is -0.337. The molecule has 1 fully saturated rings. The molecule has 0 amide bonds. The van der Waals surface area contributed by atoms with Crippen LogP contribution in [0.1, 0.15) is 30.0 Å². The Hall–Kier alpha value is -2.95. The molecule has 1 aliphatic rings. The Morgan fingerprint density at radius 2 is 2.08 bits per heavy atom. The van der Waals surface area contributed by atoms with Crippen molar-refractivity contribution < 1.29 is 4.92 Å². The van der Waals surface area contributed by atoms with E-state index in [4.69, 9.17) is 0 Å². The summed E-state index contributed by atoms with van der Waals surface area (Å²) in [5.41, 5.74) is 3.71. The van der Waals surface area contributed by atoms with Gasteiger partial charge in [0.05, 0.1) is 16.4 Å². The van der Waals surface area contributed by atoms with Crippen molar-refractivity contribution >= 4 is 22.1 Å². The molecule has 1 atom stereocenters. The SMILES string of the molecule is Cc1cccc(C2CCCN2c2ccc([N+](=O)[O-])c3cnccc23)c1. The second kappa shape index (κ2) is 6.16. The Morgan fingerprint density at radius 3 is 2.88 bits per heavy atom. The molecule has 1 aromatic heterocycles. The van der Waals surface area contributed by atoms with Crippen molar-refractivity contribution in [2.24, 2.45) is 0 Å². The fourth-order valence-corrected chi connectivity index (χ4v) is 3.85. The number of hydrogen-bond acceptors (Lipinski definition) is 4. The van der Waals surface area contributed by atoms with Crippen molar-refractivity contribution in [3.8, 4) is 0 Å². The van der Waals surface area contributed by atoms with Gasteiger partial charge in [0.2, 0.25) is 0 Å². The molecule has 1 aliphatic heterocycles. The number of non-ortho nitro benzene ring substituents is 1. The zero-order valence-electron chi connectivity index (χ0n) is 14.1. The summed E-state index contributed by atoms with van der Waals surface area (Å²) in [5.74, 6) is 0. The molecule has 0 saturated carbocycles. The number of nitro groups is 1. The molecule has 0 bridgehead atoms. The van der Waals surface area contributed by atoms with Gasteiger partial charge in [-0.1, -0.05) is 29.8 Å². The van der Waals surface area contributed by atoms with Crippen LogP contribution in [-0.2, 0) is 0 Å². The van der Waals surface area contributed by atoms with E-state index in [1.807, 2.05) is 12.1 Å². The number of aryl methyl sites for hydroxylation is 1. The number of aromatic nitrogens is 1. The predicted molar refractivity (Wildman–Crippen MR) is 98.9 cm³/mol. The predicted octanol–water partition coefficient (Wildman–Crippen LogP) is 4.79. The monoisotopic (exact) mass is 333 g/mol. The van der Waals surface area contributed by atoms with E-state index in [1.54, 1.807) is 18.5 Å². The van der Waals surface area contributed by atoms with Gasteiger partial charge in [0.1, 0.15) is 0 Å². The smallest absolute Gasteiger partial charge is 0.278 e. The van der Waals surface area contributed by atoms with E-state index >= 15 is 0 Å². The highest BCUT2D eigenvalue weighted by Gasteiger charge is 2.28. The summed E-state index contributed by atoms with van der Waals surface area (Å²) in [7, 11) is 0. The van der Waals surface area contributed by atoms with Crippen molar-refractivity contribution in [2.45, 2.75) is 25.8 Å². The number of benzene rings is 2. The number of rotatable bonds is 3. The van der Waals surface area contributed by atoms with E-state index in [0.717, 1.165) is 30.5 Å². The summed E-state index contributed by atoms with van der Waals surface area (Å²) in [5, 5.41) is 12.8. The largest absolute Gasteiger partial charge is 0.364 e. The van der Waals surface area contributed by atoms with E-state index in [-0.39, 0.29) is 10.6 Å². The van der Waals surface area contributed by atoms with Crippen LogP contribution in [0.5, 0.6) is 0 Å². The van der Waals surface area contributed by atoms with E-state index in [0.29, 0.717) is 11.4 Å². The fraction of sp³-hybridized carbons (Fsp3) is 0.250. The number of nitrogens with zero attached hydrogens (tertiary/aromatic N) is 3. The lowest BCUT2D eigenvalue weighted by Gasteiger charge is -2.28. The van der Waals surface area contributed by atoms with Crippen LogP contribution in [0.4, 0.5) is 11.4 Å². The first-order valence-electron chi connectivity index (χ1n) is 8.49. The second-order valence-electron chi connectivity index (χ2n) is 6.55. The summed E-state index contributed by atoms with van der Waals surface area (Å²) in [6.45, 7) is 3.06. The van der Waals surface area contributed by atoms with Crippen LogP contribution in [0.25, 0.3) is 10.8 Å². The Kier molecular flexibility index (Phi) is 3.84. The number of hydrogen-bond donors (Lipinski definition) is 0. The van der Waals surface area contributed by atoms with Crippen LogP contribution in [-0.4, -0.2) is 16.5 Å². The molecule has 5 heteroatoms. The number of nitro benzene ring substituents is 1. The maximum atomic E-state index is 11.3. The molecule has 25 heavy (non-hydrogen) atoms. The topological polar surface area (TPSA) is 59.3 Å². The standard InChI is InChI=1S/C20H19N3O2/c1-14-4-2-5-15(12-14)18-6-3-11-22(18)19-7-8-20(23(24)25)17-13-21-10-9-16(17)19/h2,4-5,7-10,12-13,18H,3,6,11H2,1H3. The molecule has 0 aliphatic carbocycles. The molecule has 0 radical (unpaired) electrons. The van der Waals surface area contributed by atoms with Gasteiger partial charge in [0.15, 0.2) is 0 Å². The molecule has 126 valence electrons. The average molecular weight is 333 g/mol. The van der Waals surface area contributed by atoms with Crippen LogP contribution < -0.4 is 4.90 Å². The van der Waals surface area contributed by atoms with Crippen molar-refractivity contribution in [1.82, 2.24) is 4.98 Å². The maximum absolute atomic E-state index is 11.3. The highest BCUT2D eigenvalue weighted by Crippen LogP contribution is 2.41. The van der Waals surface area contributed by atoms with Gasteiger partial charge in [-0.25, -0.2) is 0 Å². The fourth-order valence-electron chi connectivity index (χ4n) is 3.85. The molecule has 5 nitrogen and oxygen atoms in total. The van der Waals surface area contributed by atoms with Gasteiger partial charge < -0.3 is 4.90 Å². The first-order valence-corrected chi connectivity index (χ1v) is 8.49. The molecule has 4 rings (SSSR count). The lowest BCUT2D eigenvalue weighted by molar-refractivity contribution is -0.383. The van der Waals surface area contributed by atoms with Gasteiger partial charge >= 0.3 is 0 Å². The lowest BCUT2D eigenvalue weighted by Crippen LogP contribution is -2.22. The minimum absolute atomic E-state index is 0.109. The van der Waals surface area contributed by atoms with Crippen LogP contribution in [0.2, 0.25) is 0 Å². The molecule has 1 unspecified atom stereocenters. The van der Waals surface area contributed by atoms with E-state index in [2.05, 4.69) is 41.1 Å². The third-order valence-corrected chi connectivity index (χ3v) is 4.96. The molecular weight excluding hydrogens is 314 g/mol. The van der Waals surface area contributed by atoms with Crippen molar-refractivity contribution in [3.05, 3.63) is 76.1 Å². The van der Waals surface area contributed by atoms with Crippen LogP contribution in [0, 0.1) is 17.0 Å². The van der Waals surface area contributed by atoms with Crippen molar-refractivity contribution in [1.29, 1.82) is 0 Å². The summed E-state index contributed by atoms with van der Waals surface area (Å²) in [6.07, 6.45) is 5.50. The van der Waals surface area contributed by atoms with Gasteiger partial charge in [0, 0.05) is 36.1 Å². The molecule has 2 aromatic carbocycles. The van der Waals surface area contributed by atoms with E-state index in [9.17, 15) is 10.1 Å². The second-order valence-corrected chi connectivity index (χ2v) is 6.55. The van der Waals surface area contributed by atoms with Crippen LogP contribution >= 0.6 is 0 Å². The summed E-state index contributed by atoms with van der Waals surface area (Å²) < 4.78 is 0. The first kappa shape index (κ1) is 15.6. The van der Waals surface area contributed by atoms with E-state index in [1.165, 1.54) is 11.1 Å². The van der Waals surface area contributed by atoms with Gasteiger partial charge in [-0.15, -0.1) is 0 Å². The summed E-state index contributed by atoms with van der Waals surface area (Å²) >= 11 is 0. The van der Waals surface area contributed by atoms with Gasteiger partial charge in [-0.3, -0.25) is 15.1 Å². The maximum Gasteiger partial charge on any atom is 0.278 e. The Labute approximate surface area is 146 Å². The van der Waals surface area contributed by atoms with Crippen molar-refractivity contribution in [3.63, 3.8) is 0 Å². The Morgan fingerprint density at radius 1 is 1.20 bits per heavy atom. The number of pyridine rings is 1. The summed E-state index contributed by atoms with van der Waals surface area (Å²) in [6, 6.07) is 14.3. The highest BCUT2D eigenvalue weighted by molar-refractivity contribution is 5.99.